The van der Waals surface area contributed by atoms with E-state index in [1.165, 1.54) is 0 Å². The van der Waals surface area contributed by atoms with Crippen molar-refractivity contribution in [1.82, 2.24) is 0 Å². The number of halogens is 1. The number of nitrogens with zero attached hydrogens (tertiary/aromatic N) is 1. The van der Waals surface area contributed by atoms with Gasteiger partial charge in [0, 0.05) is 37.7 Å². The molecule has 0 fully saturated rings. The largest absolute Gasteiger partial charge is 1.00 e. The van der Waals surface area contributed by atoms with E-state index in [0.29, 0.717) is 0 Å². The maximum absolute atomic E-state index is 8.39. The van der Waals surface area contributed by atoms with Gasteiger partial charge in [-0.05, 0) is 0 Å². The Bertz CT molecular complexity index is 55.4. The van der Waals surface area contributed by atoms with Crippen LogP contribution in [0, 0.1) is 0 Å². The van der Waals surface area contributed by atoms with Crippen LogP contribution in [-0.4, -0.2) is 81.6 Å². The number of likely N-dealkylation sites (N-methyl/N-ethyl adjacent to an activating group) is 1. The molecule has 2 radical (unpaired) electrons. The first-order valence-corrected chi connectivity index (χ1v) is 2.47. The van der Waals surface area contributed by atoms with Gasteiger partial charge in [-0.1, -0.05) is 0 Å². The summed E-state index contributed by atoms with van der Waals surface area (Å²) in [4.78, 5) is 0. The van der Waals surface area contributed by atoms with Gasteiger partial charge in [-0.25, -0.2) is 0 Å². The zero-order chi connectivity index (χ0) is 5.91. The number of aliphatic hydroxyl groups excluding tert-OH is 1. The number of rotatable bonds is 2. The Labute approximate surface area is 93.2 Å². The number of hydrogen-bond donors (Lipinski definition) is 1. The average Bonchev–Trinajstić information content (AvgIpc) is 1.30. The van der Waals surface area contributed by atoms with Gasteiger partial charge in [-0.3, -0.25) is 0 Å². The molecule has 9 heavy (non-hydrogen) atoms. The molecule has 0 aromatic carbocycles. The first-order chi connectivity index (χ1) is 3.06. The monoisotopic (exact) mass is 179 g/mol. The van der Waals surface area contributed by atoms with Crippen molar-refractivity contribution in [3.63, 3.8) is 0 Å². The molecule has 0 atom stereocenters. The average molecular weight is 180 g/mol. The third-order valence-corrected chi connectivity index (χ3v) is 0.771. The van der Waals surface area contributed by atoms with E-state index in [1.807, 2.05) is 0 Å². The van der Waals surface area contributed by atoms with Crippen LogP contribution in [0.2, 0.25) is 0 Å². The second-order valence-corrected chi connectivity index (χ2v) is 2.74. The first-order valence-electron chi connectivity index (χ1n) is 2.47. The second-order valence-electron chi connectivity index (χ2n) is 2.74. The van der Waals surface area contributed by atoms with E-state index in [9.17, 15) is 0 Å². The molecule has 0 aromatic rings. The molecule has 0 saturated heterocycles. The zero-order valence-corrected chi connectivity index (χ0v) is 9.36. The van der Waals surface area contributed by atoms with Crippen LogP contribution in [-0.2, 0) is 0 Å². The Morgan fingerprint density at radius 3 is 1.56 bits per heavy atom. The number of hydrogen-bond acceptors (Lipinski definition) is 1. The van der Waals surface area contributed by atoms with Crippen molar-refractivity contribution in [2.75, 3.05) is 34.3 Å². The summed E-state index contributed by atoms with van der Waals surface area (Å²) >= 11 is 0. The van der Waals surface area contributed by atoms with Crippen LogP contribution in [0.5, 0.6) is 0 Å². The fraction of sp³-hybridized carbons (Fsp3) is 1.00. The van der Waals surface area contributed by atoms with Gasteiger partial charge in [-0.15, -0.1) is 0 Å². The van der Waals surface area contributed by atoms with Gasteiger partial charge in [0.2, 0.25) is 0 Å². The summed E-state index contributed by atoms with van der Waals surface area (Å²) in [5, 5.41) is 8.39. The van der Waals surface area contributed by atoms with Crippen molar-refractivity contribution in [3.05, 3.63) is 0 Å². The molecule has 0 saturated carbocycles. The summed E-state index contributed by atoms with van der Waals surface area (Å²) in [5.74, 6) is 0. The van der Waals surface area contributed by atoms with Crippen molar-refractivity contribution < 1.29 is 22.0 Å². The van der Waals surface area contributed by atoms with E-state index in [4.69, 9.17) is 5.11 Å². The van der Waals surface area contributed by atoms with Gasteiger partial charge in [0.05, 0.1) is 27.7 Å². The van der Waals surface area contributed by atoms with E-state index < -0.39 is 0 Å². The Hall–Kier alpha value is 1.47. The standard InChI is InChI=1S/C5H14NO.Ca.ClH/c1-6(2,3)4-5-7;;/h7H,4-5H2,1-3H3;;1H/q+1;;/p-1. The molecule has 0 aliphatic carbocycles. The second kappa shape index (κ2) is 7.58. The van der Waals surface area contributed by atoms with E-state index in [1.54, 1.807) is 0 Å². The maximum Gasteiger partial charge on any atom is 0.101 e. The van der Waals surface area contributed by atoms with Gasteiger partial charge in [-0.2, -0.15) is 0 Å². The molecule has 0 aromatic heterocycles. The molecule has 4 heteroatoms. The fourth-order valence-electron chi connectivity index (χ4n) is 0.300. The van der Waals surface area contributed by atoms with Crippen molar-refractivity contribution in [2.24, 2.45) is 0 Å². The third kappa shape index (κ3) is 17.7. The Balaban J connectivity index is -0.000000180. The minimum Gasteiger partial charge on any atom is -1.00 e. The molecule has 0 bridgehead atoms. The molecule has 1 N–H and O–H groups in total. The van der Waals surface area contributed by atoms with Crippen LogP contribution < -0.4 is 12.4 Å². The van der Waals surface area contributed by atoms with Crippen LogP contribution >= 0.6 is 0 Å². The van der Waals surface area contributed by atoms with Crippen LogP contribution in [0.3, 0.4) is 0 Å². The van der Waals surface area contributed by atoms with Crippen molar-refractivity contribution in [2.45, 2.75) is 0 Å². The SMILES string of the molecule is C[N+](C)(C)CCO.[Ca].[Cl-]. The summed E-state index contributed by atoms with van der Waals surface area (Å²) in [6.07, 6.45) is 0. The number of aliphatic hydroxyl groups is 1. The topological polar surface area (TPSA) is 20.2 Å². The Morgan fingerprint density at radius 2 is 1.56 bits per heavy atom. The van der Waals surface area contributed by atoms with Gasteiger partial charge >= 0.3 is 0 Å². The van der Waals surface area contributed by atoms with Crippen molar-refractivity contribution in [3.8, 4) is 0 Å². The molecule has 54 valence electrons. The minimum atomic E-state index is 0. The summed E-state index contributed by atoms with van der Waals surface area (Å²) in [6, 6.07) is 0. The predicted octanol–water partition coefficient (Wildman–Crippen LogP) is -3.69. The minimum absolute atomic E-state index is 0. The Morgan fingerprint density at radius 1 is 1.22 bits per heavy atom. The fourth-order valence-corrected chi connectivity index (χ4v) is 0.300. The summed E-state index contributed by atoms with van der Waals surface area (Å²) in [6.45, 7) is 1.11. The summed E-state index contributed by atoms with van der Waals surface area (Å²) in [5.41, 5.74) is 0. The van der Waals surface area contributed by atoms with E-state index >= 15 is 0 Å². The van der Waals surface area contributed by atoms with E-state index in [0.717, 1.165) is 11.0 Å². The van der Waals surface area contributed by atoms with E-state index in [-0.39, 0.29) is 56.8 Å². The van der Waals surface area contributed by atoms with Crippen LogP contribution in [0.4, 0.5) is 0 Å². The third-order valence-electron chi connectivity index (χ3n) is 0.771. The van der Waals surface area contributed by atoms with Crippen LogP contribution in [0.25, 0.3) is 0 Å². The first kappa shape index (κ1) is 16.8. The quantitative estimate of drug-likeness (QED) is 0.342. The molecular formula is C5H14CaClNO. The molecule has 0 aliphatic rings. The van der Waals surface area contributed by atoms with Gasteiger partial charge < -0.3 is 22.0 Å². The van der Waals surface area contributed by atoms with Gasteiger partial charge in [0.15, 0.2) is 0 Å². The van der Waals surface area contributed by atoms with Gasteiger partial charge in [0.25, 0.3) is 0 Å². The molecule has 0 spiro atoms. The Kier molecular flexibility index (Phi) is 14.2. The predicted molar refractivity (Wildman–Crippen MR) is 35.7 cm³/mol. The molecule has 0 aliphatic heterocycles. The molecule has 0 rings (SSSR count). The zero-order valence-electron chi connectivity index (χ0n) is 6.39. The van der Waals surface area contributed by atoms with Crippen LogP contribution in [0.1, 0.15) is 0 Å². The van der Waals surface area contributed by atoms with E-state index in [2.05, 4.69) is 21.1 Å². The molecule has 2 nitrogen and oxygen atoms in total. The molecular weight excluding hydrogens is 166 g/mol. The normalized spacial score (nSPS) is 9.33. The molecule has 0 heterocycles. The molecule has 0 unspecified atom stereocenters. The summed E-state index contributed by atoms with van der Waals surface area (Å²) in [7, 11) is 6.16. The molecule has 0 amide bonds. The maximum atomic E-state index is 8.39. The van der Waals surface area contributed by atoms with Crippen LogP contribution in [0.15, 0.2) is 0 Å². The van der Waals surface area contributed by atoms with Crippen molar-refractivity contribution >= 4 is 37.7 Å². The van der Waals surface area contributed by atoms with Crippen molar-refractivity contribution in [1.29, 1.82) is 0 Å². The number of quaternary nitrogens is 1. The summed E-state index contributed by atoms with van der Waals surface area (Å²) < 4.78 is 0.844. The van der Waals surface area contributed by atoms with Gasteiger partial charge in [0.1, 0.15) is 6.54 Å². The smallest absolute Gasteiger partial charge is 0.101 e.